The number of piperidine rings is 1. The molecule has 2 heterocycles. The summed E-state index contributed by atoms with van der Waals surface area (Å²) in [5.74, 6) is 0.0936. The molecule has 8 heteroatoms. The minimum atomic E-state index is -3.38. The molecule has 0 spiro atoms. The molecule has 2 aromatic carbocycles. The fraction of sp³-hybridized carbons (Fsp3) is 0.480. The molecular weight excluding hydrogens is 502 g/mol. The quantitative estimate of drug-likeness (QED) is 0.583. The first-order valence-electron chi connectivity index (χ1n) is 11.6. The predicted molar refractivity (Wildman–Crippen MR) is 136 cm³/mol. The lowest BCUT2D eigenvalue weighted by molar-refractivity contribution is -0.137. The average Bonchev–Trinajstić information content (AvgIpc) is 2.82. The maximum absolute atomic E-state index is 13.1. The van der Waals surface area contributed by atoms with Crippen molar-refractivity contribution in [2.24, 2.45) is 5.92 Å². The topological polar surface area (TPSA) is 60.9 Å². The van der Waals surface area contributed by atoms with Crippen molar-refractivity contribution >= 4 is 37.5 Å². The van der Waals surface area contributed by atoms with Crippen LogP contribution < -0.4 is 4.90 Å². The van der Waals surface area contributed by atoms with E-state index in [1.807, 2.05) is 29.2 Å². The molecule has 0 bridgehead atoms. The number of carbonyl (C=O) groups excluding carboxylic acids is 1. The van der Waals surface area contributed by atoms with E-state index in [2.05, 4.69) is 52.9 Å². The molecule has 2 aromatic rings. The third kappa shape index (κ3) is 5.61. The van der Waals surface area contributed by atoms with Crippen LogP contribution in [0.4, 0.5) is 5.69 Å². The van der Waals surface area contributed by atoms with Crippen LogP contribution in [0.5, 0.6) is 0 Å². The highest BCUT2D eigenvalue weighted by atomic mass is 79.9. The minimum absolute atomic E-state index is 0.000764. The minimum Gasteiger partial charge on any atom is -0.368 e. The second kappa shape index (κ2) is 10.2. The van der Waals surface area contributed by atoms with Gasteiger partial charge in [0.05, 0.1) is 5.75 Å². The zero-order valence-corrected chi connectivity index (χ0v) is 21.7. The number of anilines is 1. The van der Waals surface area contributed by atoms with E-state index < -0.39 is 10.0 Å². The Morgan fingerprint density at radius 3 is 2.21 bits per heavy atom. The molecule has 2 fully saturated rings. The number of amides is 1. The number of benzene rings is 2. The van der Waals surface area contributed by atoms with Gasteiger partial charge in [0.25, 0.3) is 0 Å². The van der Waals surface area contributed by atoms with E-state index in [1.54, 1.807) is 4.31 Å². The molecule has 6 nitrogen and oxygen atoms in total. The number of halogens is 1. The van der Waals surface area contributed by atoms with Gasteiger partial charge in [-0.25, -0.2) is 12.7 Å². The molecule has 0 N–H and O–H groups in total. The summed E-state index contributed by atoms with van der Waals surface area (Å²) >= 11 is 3.38. The van der Waals surface area contributed by atoms with Crippen molar-refractivity contribution in [3.63, 3.8) is 0 Å². The summed E-state index contributed by atoms with van der Waals surface area (Å²) in [6, 6.07) is 13.7. The molecule has 2 aliphatic rings. The maximum Gasteiger partial charge on any atom is 0.225 e. The Hall–Kier alpha value is -1.90. The van der Waals surface area contributed by atoms with Crippen molar-refractivity contribution in [2.75, 3.05) is 44.2 Å². The van der Waals surface area contributed by atoms with Gasteiger partial charge >= 0.3 is 0 Å². The normalized spacial score (nSPS) is 18.5. The Balaban J connectivity index is 1.29. The van der Waals surface area contributed by atoms with E-state index in [-0.39, 0.29) is 17.6 Å². The molecule has 0 aromatic heterocycles. The van der Waals surface area contributed by atoms with Crippen molar-refractivity contribution in [1.82, 2.24) is 9.21 Å². The Morgan fingerprint density at radius 2 is 1.58 bits per heavy atom. The summed E-state index contributed by atoms with van der Waals surface area (Å²) in [6.07, 6.45) is 1.19. The van der Waals surface area contributed by atoms with E-state index in [1.165, 1.54) is 16.8 Å². The number of carbonyl (C=O) groups is 1. The molecule has 2 aliphatic heterocycles. The van der Waals surface area contributed by atoms with E-state index in [9.17, 15) is 13.2 Å². The molecule has 0 saturated carbocycles. The van der Waals surface area contributed by atoms with Crippen LogP contribution in [0.15, 0.2) is 46.9 Å². The molecule has 2 saturated heterocycles. The van der Waals surface area contributed by atoms with Gasteiger partial charge in [-0.1, -0.05) is 40.2 Å². The lowest BCUT2D eigenvalue weighted by Crippen LogP contribution is -2.52. The first kappa shape index (κ1) is 24.2. The monoisotopic (exact) mass is 533 g/mol. The summed E-state index contributed by atoms with van der Waals surface area (Å²) in [6.45, 7) is 8.20. The van der Waals surface area contributed by atoms with Gasteiger partial charge in [0, 0.05) is 55.3 Å². The second-order valence-corrected chi connectivity index (χ2v) is 12.0. The van der Waals surface area contributed by atoms with Crippen LogP contribution in [-0.2, 0) is 20.6 Å². The Morgan fingerprint density at radius 1 is 0.939 bits per heavy atom. The number of nitrogens with zero attached hydrogens (tertiary/aromatic N) is 3. The zero-order chi connectivity index (χ0) is 23.6. The summed E-state index contributed by atoms with van der Waals surface area (Å²) in [5, 5.41) is 0. The molecular formula is C25H32BrN3O3S. The SMILES string of the molecule is Cc1cccc(N2CCN(C(=O)C3CCN(S(=O)(=O)Cc4ccc(Br)cc4)CC3)CC2)c1C. The smallest absolute Gasteiger partial charge is 0.225 e. The van der Waals surface area contributed by atoms with Gasteiger partial charge in [-0.05, 0) is 61.6 Å². The van der Waals surface area contributed by atoms with Gasteiger partial charge < -0.3 is 9.80 Å². The third-order valence-electron chi connectivity index (χ3n) is 6.97. The summed E-state index contributed by atoms with van der Waals surface area (Å²) in [4.78, 5) is 17.5. The van der Waals surface area contributed by atoms with Gasteiger partial charge in [-0.2, -0.15) is 0 Å². The average molecular weight is 535 g/mol. The van der Waals surface area contributed by atoms with Crippen LogP contribution in [0, 0.1) is 19.8 Å². The second-order valence-electron chi connectivity index (χ2n) is 9.09. The Labute approximate surface area is 205 Å². The predicted octanol–water partition coefficient (Wildman–Crippen LogP) is 3.96. The molecule has 33 heavy (non-hydrogen) atoms. The van der Waals surface area contributed by atoms with E-state index >= 15 is 0 Å². The lowest BCUT2D eigenvalue weighted by atomic mass is 9.96. The van der Waals surface area contributed by atoms with Gasteiger partial charge in [0.15, 0.2) is 0 Å². The summed E-state index contributed by atoms with van der Waals surface area (Å²) in [5.41, 5.74) is 4.62. The van der Waals surface area contributed by atoms with Crippen LogP contribution in [0.2, 0.25) is 0 Å². The third-order valence-corrected chi connectivity index (χ3v) is 9.35. The van der Waals surface area contributed by atoms with Crippen LogP contribution >= 0.6 is 15.9 Å². The summed E-state index contributed by atoms with van der Waals surface area (Å²) in [7, 11) is -3.38. The van der Waals surface area contributed by atoms with Crippen LogP contribution in [0.3, 0.4) is 0 Å². The van der Waals surface area contributed by atoms with Crippen molar-refractivity contribution in [3.05, 3.63) is 63.6 Å². The molecule has 0 aliphatic carbocycles. The molecule has 0 radical (unpaired) electrons. The van der Waals surface area contributed by atoms with Crippen molar-refractivity contribution < 1.29 is 13.2 Å². The molecule has 0 unspecified atom stereocenters. The van der Waals surface area contributed by atoms with Crippen LogP contribution in [-0.4, -0.2) is 62.8 Å². The van der Waals surface area contributed by atoms with Gasteiger partial charge in [0.1, 0.15) is 0 Å². The van der Waals surface area contributed by atoms with Crippen LogP contribution in [0.1, 0.15) is 29.5 Å². The number of hydrogen-bond donors (Lipinski definition) is 0. The Kier molecular flexibility index (Phi) is 7.46. The van der Waals surface area contributed by atoms with Gasteiger partial charge in [0.2, 0.25) is 15.9 Å². The lowest BCUT2D eigenvalue weighted by Gasteiger charge is -2.39. The highest BCUT2D eigenvalue weighted by Crippen LogP contribution is 2.27. The maximum atomic E-state index is 13.1. The Bertz CT molecular complexity index is 1090. The largest absolute Gasteiger partial charge is 0.368 e. The fourth-order valence-electron chi connectivity index (χ4n) is 4.77. The highest BCUT2D eigenvalue weighted by Gasteiger charge is 2.34. The first-order chi connectivity index (χ1) is 15.7. The fourth-order valence-corrected chi connectivity index (χ4v) is 6.60. The zero-order valence-electron chi connectivity index (χ0n) is 19.3. The first-order valence-corrected chi connectivity index (χ1v) is 14.0. The molecule has 178 valence electrons. The van der Waals surface area contributed by atoms with E-state index in [4.69, 9.17) is 0 Å². The number of rotatable bonds is 5. The number of aryl methyl sites for hydroxylation is 1. The van der Waals surface area contributed by atoms with Gasteiger partial charge in [-0.3, -0.25) is 4.79 Å². The van der Waals surface area contributed by atoms with Crippen molar-refractivity contribution in [3.8, 4) is 0 Å². The number of hydrogen-bond acceptors (Lipinski definition) is 4. The molecule has 0 atom stereocenters. The van der Waals surface area contributed by atoms with E-state index in [0.29, 0.717) is 39.0 Å². The van der Waals surface area contributed by atoms with Gasteiger partial charge in [-0.15, -0.1) is 0 Å². The van der Waals surface area contributed by atoms with Crippen LogP contribution in [0.25, 0.3) is 0 Å². The van der Waals surface area contributed by atoms with Crippen molar-refractivity contribution in [2.45, 2.75) is 32.4 Å². The number of piperazine rings is 1. The molecule has 4 rings (SSSR count). The summed E-state index contributed by atoms with van der Waals surface area (Å²) < 4.78 is 28.2. The standard InChI is InChI=1S/C25H32BrN3O3S/c1-19-4-3-5-24(20(19)2)27-14-16-28(17-15-27)25(30)22-10-12-29(13-11-22)33(31,32)18-21-6-8-23(26)9-7-21/h3-9,22H,10-18H2,1-2H3. The number of sulfonamides is 1. The molecule has 1 amide bonds. The highest BCUT2D eigenvalue weighted by molar-refractivity contribution is 9.10. The van der Waals surface area contributed by atoms with Crippen molar-refractivity contribution in [1.29, 1.82) is 0 Å². The van der Waals surface area contributed by atoms with E-state index in [0.717, 1.165) is 23.1 Å².